The van der Waals surface area contributed by atoms with E-state index in [0.29, 0.717) is 5.71 Å². The van der Waals surface area contributed by atoms with Crippen LogP contribution in [-0.4, -0.2) is 11.4 Å². The SMILES string of the molecule is Cc1ccc2c(c1)C=CC(=N)C2=N. The van der Waals surface area contributed by atoms with Gasteiger partial charge in [0.1, 0.15) is 0 Å². The lowest BCUT2D eigenvalue weighted by Gasteiger charge is -2.12. The van der Waals surface area contributed by atoms with Gasteiger partial charge >= 0.3 is 0 Å². The predicted octanol–water partition coefficient (Wildman–Crippen LogP) is 2.41. The molecule has 0 radical (unpaired) electrons. The van der Waals surface area contributed by atoms with Crippen molar-refractivity contribution in [3.05, 3.63) is 41.0 Å². The third-order valence-electron chi connectivity index (χ3n) is 2.18. The second kappa shape index (κ2) is 2.66. The van der Waals surface area contributed by atoms with E-state index in [0.717, 1.165) is 11.1 Å². The first-order valence-electron chi connectivity index (χ1n) is 4.15. The van der Waals surface area contributed by atoms with Gasteiger partial charge in [-0.25, -0.2) is 0 Å². The minimum atomic E-state index is 0.288. The zero-order valence-corrected chi connectivity index (χ0v) is 7.39. The van der Waals surface area contributed by atoms with Gasteiger partial charge in [0.25, 0.3) is 0 Å². The molecule has 2 rings (SSSR count). The fourth-order valence-electron chi connectivity index (χ4n) is 1.45. The monoisotopic (exact) mass is 170 g/mol. The maximum atomic E-state index is 7.67. The van der Waals surface area contributed by atoms with Crippen LogP contribution in [0.25, 0.3) is 6.08 Å². The number of benzene rings is 1. The summed E-state index contributed by atoms with van der Waals surface area (Å²) in [4.78, 5) is 0. The summed E-state index contributed by atoms with van der Waals surface area (Å²) < 4.78 is 0. The van der Waals surface area contributed by atoms with Gasteiger partial charge in [-0.15, -0.1) is 0 Å². The molecule has 0 unspecified atom stereocenters. The smallest absolute Gasteiger partial charge is 0.0867 e. The summed E-state index contributed by atoms with van der Waals surface area (Å²) >= 11 is 0. The van der Waals surface area contributed by atoms with Crippen molar-refractivity contribution in [2.75, 3.05) is 0 Å². The lowest BCUT2D eigenvalue weighted by atomic mass is 9.93. The predicted molar refractivity (Wildman–Crippen MR) is 54.8 cm³/mol. The maximum Gasteiger partial charge on any atom is 0.0867 e. The number of allylic oxidation sites excluding steroid dienone is 1. The Bertz CT molecular complexity index is 428. The zero-order valence-electron chi connectivity index (χ0n) is 7.39. The van der Waals surface area contributed by atoms with E-state index in [4.69, 9.17) is 10.8 Å². The highest BCUT2D eigenvalue weighted by molar-refractivity contribution is 6.52. The molecule has 0 amide bonds. The summed E-state index contributed by atoms with van der Waals surface area (Å²) in [6.07, 6.45) is 3.56. The molecule has 1 aliphatic carbocycles. The third-order valence-corrected chi connectivity index (χ3v) is 2.18. The first-order chi connectivity index (χ1) is 6.18. The summed E-state index contributed by atoms with van der Waals surface area (Å²) in [6.45, 7) is 2.03. The van der Waals surface area contributed by atoms with E-state index in [1.165, 1.54) is 5.56 Å². The molecule has 0 saturated heterocycles. The number of nitrogens with one attached hydrogen (secondary N) is 2. The maximum absolute atomic E-state index is 7.67. The molecule has 1 aromatic rings. The summed E-state index contributed by atoms with van der Waals surface area (Å²) in [5, 5.41) is 15.1. The van der Waals surface area contributed by atoms with Crippen LogP contribution in [0.1, 0.15) is 16.7 Å². The lowest BCUT2D eigenvalue weighted by molar-refractivity contribution is 1.41. The minimum Gasteiger partial charge on any atom is -0.299 e. The highest BCUT2D eigenvalue weighted by Gasteiger charge is 2.13. The molecule has 2 nitrogen and oxygen atoms in total. The van der Waals surface area contributed by atoms with Gasteiger partial charge in [-0.2, -0.15) is 0 Å². The highest BCUT2D eigenvalue weighted by atomic mass is 14.5. The molecule has 1 aromatic carbocycles. The van der Waals surface area contributed by atoms with Gasteiger partial charge in [-0.1, -0.05) is 29.8 Å². The second-order valence-corrected chi connectivity index (χ2v) is 3.21. The van der Waals surface area contributed by atoms with Gasteiger partial charge < -0.3 is 0 Å². The fourth-order valence-corrected chi connectivity index (χ4v) is 1.45. The van der Waals surface area contributed by atoms with E-state index in [-0.39, 0.29) is 5.71 Å². The van der Waals surface area contributed by atoms with Crippen molar-refractivity contribution in [3.8, 4) is 0 Å². The van der Waals surface area contributed by atoms with Crippen LogP contribution in [0.2, 0.25) is 0 Å². The summed E-state index contributed by atoms with van der Waals surface area (Å²) in [6, 6.07) is 5.91. The van der Waals surface area contributed by atoms with Crippen LogP contribution in [0.5, 0.6) is 0 Å². The Kier molecular flexibility index (Phi) is 1.62. The molecule has 2 N–H and O–H groups in total. The summed E-state index contributed by atoms with van der Waals surface area (Å²) in [5.41, 5.74) is 3.69. The molecule has 1 aliphatic rings. The Morgan fingerprint density at radius 1 is 1.08 bits per heavy atom. The molecule has 0 fully saturated rings. The number of rotatable bonds is 0. The molecule has 2 heteroatoms. The number of aryl methyl sites for hydroxylation is 1. The molecular weight excluding hydrogens is 160 g/mol. The van der Waals surface area contributed by atoms with E-state index < -0.39 is 0 Å². The van der Waals surface area contributed by atoms with E-state index in [1.54, 1.807) is 6.08 Å². The Morgan fingerprint density at radius 3 is 2.62 bits per heavy atom. The van der Waals surface area contributed by atoms with Crippen molar-refractivity contribution in [3.63, 3.8) is 0 Å². The van der Waals surface area contributed by atoms with Crippen LogP contribution in [0.3, 0.4) is 0 Å². The van der Waals surface area contributed by atoms with E-state index >= 15 is 0 Å². The van der Waals surface area contributed by atoms with Gasteiger partial charge in [0.15, 0.2) is 0 Å². The first-order valence-corrected chi connectivity index (χ1v) is 4.15. The lowest BCUT2D eigenvalue weighted by Crippen LogP contribution is -2.15. The molecule has 64 valence electrons. The average Bonchev–Trinajstić information content (AvgIpc) is 2.12. The van der Waals surface area contributed by atoms with Crippen LogP contribution in [0.4, 0.5) is 0 Å². The van der Waals surface area contributed by atoms with Crippen molar-refractivity contribution in [2.24, 2.45) is 0 Å². The van der Waals surface area contributed by atoms with Crippen LogP contribution in [0, 0.1) is 17.7 Å². The first kappa shape index (κ1) is 7.92. The Morgan fingerprint density at radius 2 is 1.85 bits per heavy atom. The standard InChI is InChI=1S/C11H10N2/c1-7-2-4-9-8(6-7)3-5-10(12)11(9)13/h2-6,12-13H,1H3. The van der Waals surface area contributed by atoms with Crippen LogP contribution in [0.15, 0.2) is 24.3 Å². The van der Waals surface area contributed by atoms with Crippen LogP contribution < -0.4 is 0 Å². The van der Waals surface area contributed by atoms with Crippen molar-refractivity contribution >= 4 is 17.5 Å². The molecule has 0 atom stereocenters. The number of fused-ring (bicyclic) bond motifs is 1. The summed E-state index contributed by atoms with van der Waals surface area (Å²) in [7, 11) is 0. The van der Waals surface area contributed by atoms with Gasteiger partial charge in [-0.05, 0) is 18.6 Å². The number of hydrogen-bond donors (Lipinski definition) is 2. The van der Waals surface area contributed by atoms with Gasteiger partial charge in [0.2, 0.25) is 0 Å². The molecule has 0 bridgehead atoms. The Hall–Kier alpha value is -1.70. The molecule has 0 spiro atoms. The Labute approximate surface area is 76.9 Å². The van der Waals surface area contributed by atoms with Crippen LogP contribution >= 0.6 is 0 Å². The number of hydrogen-bond acceptors (Lipinski definition) is 2. The van der Waals surface area contributed by atoms with Crippen molar-refractivity contribution in [1.82, 2.24) is 0 Å². The topological polar surface area (TPSA) is 47.7 Å². The minimum absolute atomic E-state index is 0.288. The normalized spacial score (nSPS) is 14.5. The molecule has 0 aromatic heterocycles. The van der Waals surface area contributed by atoms with Crippen molar-refractivity contribution in [1.29, 1.82) is 10.8 Å². The van der Waals surface area contributed by atoms with Gasteiger partial charge in [-0.3, -0.25) is 10.8 Å². The van der Waals surface area contributed by atoms with Gasteiger partial charge in [0, 0.05) is 5.56 Å². The van der Waals surface area contributed by atoms with Gasteiger partial charge in [0.05, 0.1) is 11.4 Å². The van der Waals surface area contributed by atoms with E-state index in [2.05, 4.69) is 0 Å². The zero-order chi connectivity index (χ0) is 9.42. The van der Waals surface area contributed by atoms with E-state index in [9.17, 15) is 0 Å². The average molecular weight is 170 g/mol. The molecule has 0 aliphatic heterocycles. The quantitative estimate of drug-likeness (QED) is 0.600. The van der Waals surface area contributed by atoms with Crippen molar-refractivity contribution < 1.29 is 0 Å². The second-order valence-electron chi connectivity index (χ2n) is 3.21. The van der Waals surface area contributed by atoms with Crippen molar-refractivity contribution in [2.45, 2.75) is 6.92 Å². The molecule has 0 heterocycles. The highest BCUT2D eigenvalue weighted by Crippen LogP contribution is 2.18. The van der Waals surface area contributed by atoms with E-state index in [1.807, 2.05) is 31.2 Å². The van der Waals surface area contributed by atoms with Crippen LogP contribution in [-0.2, 0) is 0 Å². The molecular formula is C11H10N2. The third kappa shape index (κ3) is 1.20. The summed E-state index contributed by atoms with van der Waals surface area (Å²) in [5.74, 6) is 0. The fraction of sp³-hybridized carbons (Fsp3) is 0.0909. The molecule has 13 heavy (non-hydrogen) atoms. The largest absolute Gasteiger partial charge is 0.299 e. The molecule has 0 saturated carbocycles. The Balaban J connectivity index is 2.66.